The molecule has 2 rings (SSSR count). The lowest BCUT2D eigenvalue weighted by Crippen LogP contribution is -2.62. The molecule has 1 aliphatic rings. The Labute approximate surface area is 141 Å². The van der Waals surface area contributed by atoms with Crippen LogP contribution in [0.4, 0.5) is 0 Å². The van der Waals surface area contributed by atoms with Gasteiger partial charge in [0.2, 0.25) is 0 Å². The van der Waals surface area contributed by atoms with Gasteiger partial charge in [0.25, 0.3) is 0 Å². The lowest BCUT2D eigenvalue weighted by Gasteiger charge is -2.48. The van der Waals surface area contributed by atoms with Crippen LogP contribution in [0.25, 0.3) is 0 Å². The molecule has 0 spiro atoms. The lowest BCUT2D eigenvalue weighted by molar-refractivity contribution is -0.0319. The SMILES string of the molecule is CCNC(Cc1ccc(Br)s1)C(C)(CC)N1CCOCC1. The molecule has 120 valence electrons. The van der Waals surface area contributed by atoms with E-state index in [0.29, 0.717) is 6.04 Å². The molecule has 1 N–H and O–H groups in total. The van der Waals surface area contributed by atoms with Crippen LogP contribution in [0.5, 0.6) is 0 Å². The van der Waals surface area contributed by atoms with Crippen molar-refractivity contribution in [2.75, 3.05) is 32.8 Å². The summed E-state index contributed by atoms with van der Waals surface area (Å²) in [5.41, 5.74) is 0.177. The molecule has 21 heavy (non-hydrogen) atoms. The van der Waals surface area contributed by atoms with Crippen LogP contribution in [0.15, 0.2) is 15.9 Å². The molecular weight excluding hydrogens is 348 g/mol. The van der Waals surface area contributed by atoms with Crippen molar-refractivity contribution in [3.63, 3.8) is 0 Å². The molecule has 0 amide bonds. The minimum Gasteiger partial charge on any atom is -0.379 e. The van der Waals surface area contributed by atoms with E-state index < -0.39 is 0 Å². The zero-order valence-electron chi connectivity index (χ0n) is 13.3. The molecular formula is C16H27BrN2OS. The Bertz CT molecular complexity index is 434. The second-order valence-corrected chi connectivity index (χ2v) is 8.38. The van der Waals surface area contributed by atoms with Gasteiger partial charge in [-0.05, 0) is 54.4 Å². The smallest absolute Gasteiger partial charge is 0.0701 e. The van der Waals surface area contributed by atoms with E-state index in [1.807, 2.05) is 11.3 Å². The van der Waals surface area contributed by atoms with E-state index >= 15 is 0 Å². The largest absolute Gasteiger partial charge is 0.379 e. The molecule has 3 nitrogen and oxygen atoms in total. The molecule has 1 saturated heterocycles. The topological polar surface area (TPSA) is 24.5 Å². The Kier molecular flexibility index (Phi) is 6.69. The highest BCUT2D eigenvalue weighted by Gasteiger charge is 2.38. The van der Waals surface area contributed by atoms with Crippen LogP contribution in [-0.2, 0) is 11.2 Å². The molecule has 1 aliphatic heterocycles. The number of thiophene rings is 1. The van der Waals surface area contributed by atoms with Gasteiger partial charge >= 0.3 is 0 Å². The number of hydrogen-bond acceptors (Lipinski definition) is 4. The van der Waals surface area contributed by atoms with Gasteiger partial charge in [0.15, 0.2) is 0 Å². The number of morpholine rings is 1. The highest BCUT2D eigenvalue weighted by Crippen LogP contribution is 2.30. The molecule has 0 radical (unpaired) electrons. The normalized spacial score (nSPS) is 21.1. The Morgan fingerprint density at radius 2 is 2.10 bits per heavy atom. The van der Waals surface area contributed by atoms with E-state index in [-0.39, 0.29) is 5.54 Å². The molecule has 0 aliphatic carbocycles. The summed E-state index contributed by atoms with van der Waals surface area (Å²) >= 11 is 5.42. The minimum absolute atomic E-state index is 0.177. The summed E-state index contributed by atoms with van der Waals surface area (Å²) in [5, 5.41) is 3.74. The zero-order valence-corrected chi connectivity index (χ0v) is 15.7. The first-order valence-corrected chi connectivity index (χ1v) is 9.51. The molecule has 0 aromatic carbocycles. The highest BCUT2D eigenvalue weighted by molar-refractivity contribution is 9.11. The third kappa shape index (κ3) is 4.29. The predicted octanol–water partition coefficient (Wildman–Crippen LogP) is 3.53. The molecule has 1 fully saturated rings. The molecule has 2 atom stereocenters. The van der Waals surface area contributed by atoms with Crippen LogP contribution in [-0.4, -0.2) is 49.3 Å². The first-order valence-electron chi connectivity index (χ1n) is 7.90. The van der Waals surface area contributed by atoms with Crippen molar-refractivity contribution in [3.05, 3.63) is 20.8 Å². The number of hydrogen-bond donors (Lipinski definition) is 1. The quantitative estimate of drug-likeness (QED) is 0.789. The highest BCUT2D eigenvalue weighted by atomic mass is 79.9. The van der Waals surface area contributed by atoms with Crippen molar-refractivity contribution >= 4 is 27.3 Å². The summed E-state index contributed by atoms with van der Waals surface area (Å²) in [4.78, 5) is 4.06. The van der Waals surface area contributed by atoms with Gasteiger partial charge in [0.1, 0.15) is 0 Å². The first kappa shape index (κ1) is 17.4. The van der Waals surface area contributed by atoms with Gasteiger partial charge in [0.05, 0.1) is 17.0 Å². The second kappa shape index (κ2) is 8.06. The predicted molar refractivity (Wildman–Crippen MR) is 94.3 cm³/mol. The Morgan fingerprint density at radius 1 is 1.38 bits per heavy atom. The Balaban J connectivity index is 2.15. The van der Waals surface area contributed by atoms with Crippen molar-refractivity contribution in [3.8, 4) is 0 Å². The number of nitrogens with zero attached hydrogens (tertiary/aromatic N) is 1. The maximum Gasteiger partial charge on any atom is 0.0701 e. The van der Waals surface area contributed by atoms with Gasteiger partial charge in [0, 0.05) is 29.5 Å². The van der Waals surface area contributed by atoms with E-state index in [9.17, 15) is 0 Å². The van der Waals surface area contributed by atoms with E-state index in [0.717, 1.165) is 45.7 Å². The summed E-state index contributed by atoms with van der Waals surface area (Å²) in [6, 6.07) is 4.87. The van der Waals surface area contributed by atoms with Gasteiger partial charge in [-0.25, -0.2) is 0 Å². The molecule has 5 heteroatoms. The Hall–Kier alpha value is 0.0600. The number of halogens is 1. The van der Waals surface area contributed by atoms with Crippen molar-refractivity contribution in [2.45, 2.75) is 45.2 Å². The standard InChI is InChI=1S/C16H27BrN2OS/c1-4-16(3,19-8-10-20-11-9-19)14(18-5-2)12-13-6-7-15(17)21-13/h6-7,14,18H,4-5,8-12H2,1-3H3. The maximum atomic E-state index is 5.53. The van der Waals surface area contributed by atoms with Crippen LogP contribution >= 0.6 is 27.3 Å². The van der Waals surface area contributed by atoms with E-state index in [4.69, 9.17) is 4.74 Å². The average molecular weight is 375 g/mol. The third-order valence-corrected chi connectivity index (χ3v) is 6.33. The summed E-state index contributed by atoms with van der Waals surface area (Å²) in [7, 11) is 0. The van der Waals surface area contributed by atoms with Crippen LogP contribution in [0.2, 0.25) is 0 Å². The monoisotopic (exact) mass is 374 g/mol. The average Bonchev–Trinajstić information content (AvgIpc) is 2.92. The number of ether oxygens (including phenoxy) is 1. The fourth-order valence-corrected chi connectivity index (χ4v) is 4.71. The molecule has 1 aromatic rings. The van der Waals surface area contributed by atoms with E-state index in [1.165, 1.54) is 8.66 Å². The number of likely N-dealkylation sites (N-methyl/N-ethyl adjacent to an activating group) is 1. The van der Waals surface area contributed by atoms with Gasteiger partial charge in [-0.3, -0.25) is 4.90 Å². The fourth-order valence-electron chi connectivity index (χ4n) is 3.19. The van der Waals surface area contributed by atoms with Crippen LogP contribution in [0, 0.1) is 0 Å². The molecule has 0 saturated carbocycles. The van der Waals surface area contributed by atoms with Crippen LogP contribution in [0.1, 0.15) is 32.1 Å². The van der Waals surface area contributed by atoms with Gasteiger partial charge in [-0.15, -0.1) is 11.3 Å². The molecule has 2 heterocycles. The number of nitrogens with one attached hydrogen (secondary N) is 1. The number of rotatable bonds is 7. The maximum absolute atomic E-state index is 5.53. The summed E-state index contributed by atoms with van der Waals surface area (Å²) in [6.07, 6.45) is 2.24. The van der Waals surface area contributed by atoms with Gasteiger partial charge < -0.3 is 10.1 Å². The summed E-state index contributed by atoms with van der Waals surface area (Å²) in [6.45, 7) is 11.7. The van der Waals surface area contributed by atoms with E-state index in [2.05, 4.69) is 59.1 Å². The summed E-state index contributed by atoms with van der Waals surface area (Å²) < 4.78 is 6.75. The molecule has 0 bridgehead atoms. The van der Waals surface area contributed by atoms with Crippen molar-refractivity contribution in [1.29, 1.82) is 0 Å². The fraction of sp³-hybridized carbons (Fsp3) is 0.750. The molecule has 1 aromatic heterocycles. The minimum atomic E-state index is 0.177. The van der Waals surface area contributed by atoms with E-state index in [1.54, 1.807) is 0 Å². The zero-order chi connectivity index (χ0) is 15.3. The van der Waals surface area contributed by atoms with Gasteiger partial charge in [-0.2, -0.15) is 0 Å². The van der Waals surface area contributed by atoms with Crippen LogP contribution in [0.3, 0.4) is 0 Å². The lowest BCUT2D eigenvalue weighted by atomic mass is 9.84. The van der Waals surface area contributed by atoms with Gasteiger partial charge in [-0.1, -0.05) is 13.8 Å². The van der Waals surface area contributed by atoms with Crippen molar-refractivity contribution < 1.29 is 4.74 Å². The second-order valence-electron chi connectivity index (χ2n) is 5.83. The Morgan fingerprint density at radius 3 is 2.62 bits per heavy atom. The molecule has 2 unspecified atom stereocenters. The van der Waals surface area contributed by atoms with Crippen molar-refractivity contribution in [1.82, 2.24) is 10.2 Å². The third-order valence-electron chi connectivity index (χ3n) is 4.68. The first-order chi connectivity index (χ1) is 10.1. The van der Waals surface area contributed by atoms with Crippen molar-refractivity contribution in [2.24, 2.45) is 0 Å². The summed E-state index contributed by atoms with van der Waals surface area (Å²) in [5.74, 6) is 0. The van der Waals surface area contributed by atoms with Crippen LogP contribution < -0.4 is 5.32 Å².